The fourth-order valence-electron chi connectivity index (χ4n) is 2.01. The number of aliphatic hydroxyl groups is 1. The molecule has 0 fully saturated rings. The normalized spacial score (nSPS) is 14.1. The standard InChI is InChI=1S/C14H20N4OS/c1-2-8-16-14(9-19,12-6-4-3-5-7-12)10-20-13-15-11-17-18-13/h3-7,11,16,19H,2,8-10H2,1H3,(H,15,17,18). The largest absolute Gasteiger partial charge is 0.394 e. The first-order chi connectivity index (χ1) is 9.80. The quantitative estimate of drug-likeness (QED) is 0.647. The van der Waals surface area contributed by atoms with Crippen molar-refractivity contribution in [3.8, 4) is 0 Å². The molecule has 1 atom stereocenters. The maximum absolute atomic E-state index is 9.96. The van der Waals surface area contributed by atoms with Gasteiger partial charge in [-0.15, -0.1) is 0 Å². The Kier molecular flexibility index (Phi) is 5.58. The number of H-pyrrole nitrogens is 1. The van der Waals surface area contributed by atoms with Crippen LogP contribution in [0.1, 0.15) is 18.9 Å². The third-order valence-corrected chi connectivity index (χ3v) is 4.27. The molecule has 0 saturated heterocycles. The van der Waals surface area contributed by atoms with Gasteiger partial charge in [0.15, 0.2) is 5.16 Å². The predicted octanol–water partition coefficient (Wildman–Crippen LogP) is 1.78. The average Bonchev–Trinajstić information content (AvgIpc) is 3.02. The van der Waals surface area contributed by atoms with Gasteiger partial charge >= 0.3 is 0 Å². The molecule has 108 valence electrons. The lowest BCUT2D eigenvalue weighted by Gasteiger charge is -2.33. The van der Waals surface area contributed by atoms with E-state index in [0.29, 0.717) is 5.75 Å². The Morgan fingerprint density at radius 3 is 2.75 bits per heavy atom. The van der Waals surface area contributed by atoms with Crippen LogP contribution < -0.4 is 5.32 Å². The van der Waals surface area contributed by atoms with E-state index in [9.17, 15) is 5.11 Å². The molecular weight excluding hydrogens is 272 g/mol. The van der Waals surface area contributed by atoms with E-state index >= 15 is 0 Å². The Balaban J connectivity index is 2.17. The first-order valence-electron chi connectivity index (χ1n) is 6.70. The molecule has 0 spiro atoms. The van der Waals surface area contributed by atoms with Crippen molar-refractivity contribution in [1.29, 1.82) is 0 Å². The topological polar surface area (TPSA) is 73.8 Å². The van der Waals surface area contributed by atoms with Crippen molar-refractivity contribution in [2.45, 2.75) is 24.0 Å². The SMILES string of the molecule is CCCNC(CO)(CSc1ncn[nH]1)c1ccccc1. The number of aliphatic hydroxyl groups excluding tert-OH is 1. The van der Waals surface area contributed by atoms with Crippen LogP contribution in [0.25, 0.3) is 0 Å². The van der Waals surface area contributed by atoms with E-state index in [2.05, 4.69) is 27.4 Å². The summed E-state index contributed by atoms with van der Waals surface area (Å²) in [4.78, 5) is 4.11. The summed E-state index contributed by atoms with van der Waals surface area (Å²) in [6.45, 7) is 3.01. The fraction of sp³-hybridized carbons (Fsp3) is 0.429. The summed E-state index contributed by atoms with van der Waals surface area (Å²) in [5.41, 5.74) is 0.623. The van der Waals surface area contributed by atoms with Crippen LogP contribution in [0, 0.1) is 0 Å². The molecule has 5 nitrogen and oxygen atoms in total. The van der Waals surface area contributed by atoms with Crippen LogP contribution in [0.2, 0.25) is 0 Å². The third-order valence-electron chi connectivity index (χ3n) is 3.16. The number of hydrogen-bond donors (Lipinski definition) is 3. The molecule has 1 unspecified atom stereocenters. The van der Waals surface area contributed by atoms with Crippen LogP contribution in [-0.2, 0) is 5.54 Å². The van der Waals surface area contributed by atoms with Crippen molar-refractivity contribution in [3.63, 3.8) is 0 Å². The number of benzene rings is 1. The zero-order valence-electron chi connectivity index (χ0n) is 11.5. The number of aromatic amines is 1. The zero-order valence-corrected chi connectivity index (χ0v) is 12.4. The lowest BCUT2D eigenvalue weighted by Crippen LogP contribution is -2.48. The minimum Gasteiger partial charge on any atom is -0.394 e. The van der Waals surface area contributed by atoms with E-state index in [4.69, 9.17) is 0 Å². The lowest BCUT2D eigenvalue weighted by atomic mass is 9.92. The predicted molar refractivity (Wildman–Crippen MR) is 80.6 cm³/mol. The van der Waals surface area contributed by atoms with E-state index in [-0.39, 0.29) is 6.61 Å². The van der Waals surface area contributed by atoms with Gasteiger partial charge in [0.05, 0.1) is 12.1 Å². The number of thioether (sulfide) groups is 1. The summed E-state index contributed by atoms with van der Waals surface area (Å²) >= 11 is 1.55. The lowest BCUT2D eigenvalue weighted by molar-refractivity contribution is 0.179. The van der Waals surface area contributed by atoms with Crippen molar-refractivity contribution in [3.05, 3.63) is 42.2 Å². The van der Waals surface area contributed by atoms with Gasteiger partial charge in [-0.05, 0) is 18.5 Å². The first-order valence-corrected chi connectivity index (χ1v) is 7.69. The van der Waals surface area contributed by atoms with Gasteiger partial charge < -0.3 is 10.4 Å². The first kappa shape index (κ1) is 15.0. The summed E-state index contributed by atoms with van der Waals surface area (Å²) in [6, 6.07) is 10.0. The van der Waals surface area contributed by atoms with Crippen LogP contribution in [-0.4, -0.2) is 39.2 Å². The van der Waals surface area contributed by atoms with Crippen molar-refractivity contribution in [2.24, 2.45) is 0 Å². The summed E-state index contributed by atoms with van der Waals surface area (Å²) < 4.78 is 0. The number of aromatic nitrogens is 3. The molecule has 1 aromatic heterocycles. The summed E-state index contributed by atoms with van der Waals surface area (Å²) in [6.07, 6.45) is 2.51. The van der Waals surface area contributed by atoms with Gasteiger partial charge in [-0.3, -0.25) is 5.10 Å². The van der Waals surface area contributed by atoms with Crippen LogP contribution in [0.3, 0.4) is 0 Å². The average molecular weight is 292 g/mol. The third kappa shape index (κ3) is 3.59. The fourth-order valence-corrected chi connectivity index (χ4v) is 2.99. The van der Waals surface area contributed by atoms with Crippen LogP contribution in [0.15, 0.2) is 41.8 Å². The molecule has 1 heterocycles. The molecule has 0 saturated carbocycles. The number of nitrogens with zero attached hydrogens (tertiary/aromatic N) is 2. The highest BCUT2D eigenvalue weighted by Gasteiger charge is 2.31. The highest BCUT2D eigenvalue weighted by Crippen LogP contribution is 2.28. The second-order valence-corrected chi connectivity index (χ2v) is 5.58. The van der Waals surface area contributed by atoms with E-state index < -0.39 is 5.54 Å². The minimum absolute atomic E-state index is 0.0398. The van der Waals surface area contributed by atoms with Crippen molar-refractivity contribution in [1.82, 2.24) is 20.5 Å². The Morgan fingerprint density at radius 1 is 1.35 bits per heavy atom. The second-order valence-electron chi connectivity index (χ2n) is 4.61. The van der Waals surface area contributed by atoms with Gasteiger partial charge in [0.2, 0.25) is 0 Å². The second kappa shape index (κ2) is 7.42. The van der Waals surface area contributed by atoms with Gasteiger partial charge in [0, 0.05) is 5.75 Å². The molecule has 0 aliphatic rings. The maximum Gasteiger partial charge on any atom is 0.183 e. The van der Waals surface area contributed by atoms with Crippen molar-refractivity contribution >= 4 is 11.8 Å². The summed E-state index contributed by atoms with van der Waals surface area (Å²) in [7, 11) is 0. The highest BCUT2D eigenvalue weighted by atomic mass is 32.2. The summed E-state index contributed by atoms with van der Waals surface area (Å²) in [5, 5.41) is 20.9. The van der Waals surface area contributed by atoms with Crippen molar-refractivity contribution in [2.75, 3.05) is 18.9 Å². The number of rotatable bonds is 8. The van der Waals surface area contributed by atoms with E-state index in [1.54, 1.807) is 11.8 Å². The molecule has 2 rings (SSSR count). The van der Waals surface area contributed by atoms with Gasteiger partial charge in [-0.25, -0.2) is 4.98 Å². The molecule has 0 bridgehead atoms. The molecule has 6 heteroatoms. The number of nitrogens with one attached hydrogen (secondary N) is 2. The van der Waals surface area contributed by atoms with E-state index in [1.165, 1.54) is 6.33 Å². The summed E-state index contributed by atoms with van der Waals surface area (Å²) in [5.74, 6) is 0.683. The maximum atomic E-state index is 9.96. The van der Waals surface area contributed by atoms with Crippen LogP contribution >= 0.6 is 11.8 Å². The molecule has 0 radical (unpaired) electrons. The zero-order chi connectivity index (χ0) is 14.3. The van der Waals surface area contributed by atoms with Crippen LogP contribution in [0.4, 0.5) is 0 Å². The minimum atomic E-state index is -0.464. The molecule has 20 heavy (non-hydrogen) atoms. The molecule has 0 aliphatic heterocycles. The molecule has 3 N–H and O–H groups in total. The Labute approximate surface area is 123 Å². The van der Waals surface area contributed by atoms with E-state index in [0.717, 1.165) is 23.7 Å². The molecular formula is C14H20N4OS. The van der Waals surface area contributed by atoms with Gasteiger partial charge in [0.25, 0.3) is 0 Å². The highest BCUT2D eigenvalue weighted by molar-refractivity contribution is 7.99. The molecule has 1 aromatic carbocycles. The monoisotopic (exact) mass is 292 g/mol. The number of hydrogen-bond acceptors (Lipinski definition) is 5. The molecule has 0 amide bonds. The smallest absolute Gasteiger partial charge is 0.183 e. The molecule has 2 aromatic rings. The molecule has 0 aliphatic carbocycles. The van der Waals surface area contributed by atoms with Crippen LogP contribution in [0.5, 0.6) is 0 Å². The Hall–Kier alpha value is -1.37. The Morgan fingerprint density at radius 2 is 2.15 bits per heavy atom. The Bertz CT molecular complexity index is 491. The van der Waals surface area contributed by atoms with Gasteiger partial charge in [-0.2, -0.15) is 5.10 Å². The van der Waals surface area contributed by atoms with Crippen molar-refractivity contribution < 1.29 is 5.11 Å². The van der Waals surface area contributed by atoms with Gasteiger partial charge in [-0.1, -0.05) is 49.0 Å². The van der Waals surface area contributed by atoms with Gasteiger partial charge in [0.1, 0.15) is 6.33 Å². The van der Waals surface area contributed by atoms with E-state index in [1.807, 2.05) is 30.3 Å².